The molecule has 2 aliphatic rings. The van der Waals surface area contributed by atoms with Crippen molar-refractivity contribution < 1.29 is 26.5 Å². The van der Waals surface area contributed by atoms with Crippen molar-refractivity contribution in [3.8, 4) is 11.3 Å². The van der Waals surface area contributed by atoms with Gasteiger partial charge in [-0.2, -0.15) is 13.2 Å². The van der Waals surface area contributed by atoms with E-state index in [0.717, 1.165) is 12.1 Å². The van der Waals surface area contributed by atoms with Crippen molar-refractivity contribution in [2.75, 3.05) is 0 Å². The molecule has 0 amide bonds. The number of allylic oxidation sites excluding steroid dienone is 2. The van der Waals surface area contributed by atoms with Crippen LogP contribution in [-0.4, -0.2) is 29.0 Å². The van der Waals surface area contributed by atoms with E-state index in [2.05, 4.69) is 20.1 Å². The van der Waals surface area contributed by atoms with Crippen LogP contribution in [0, 0.1) is 18.6 Å². The molecule has 0 saturated carbocycles. The van der Waals surface area contributed by atoms with E-state index in [1.165, 1.54) is 30.5 Å². The molecular weight excluding hydrogens is 479 g/mol. The number of alkyl halides is 3. The minimum absolute atomic E-state index is 0.0383. The largest absolute Gasteiger partial charge is 0.417 e. The van der Waals surface area contributed by atoms with E-state index < -0.39 is 23.4 Å². The van der Waals surface area contributed by atoms with Crippen LogP contribution in [0.3, 0.4) is 0 Å². The maximum Gasteiger partial charge on any atom is 0.417 e. The molecule has 10 heteroatoms. The van der Waals surface area contributed by atoms with Crippen LogP contribution in [0.5, 0.6) is 0 Å². The normalized spacial score (nSPS) is 19.2. The van der Waals surface area contributed by atoms with Crippen LogP contribution >= 0.6 is 0 Å². The molecule has 0 bridgehead atoms. The lowest BCUT2D eigenvalue weighted by atomic mass is 10.00. The molecule has 1 unspecified atom stereocenters. The molecule has 0 radical (unpaired) electrons. The molecule has 0 saturated heterocycles. The van der Waals surface area contributed by atoms with Crippen LogP contribution in [0.4, 0.5) is 22.0 Å². The molecule has 2 aromatic carbocycles. The Labute approximate surface area is 202 Å². The van der Waals surface area contributed by atoms with Gasteiger partial charge in [-0.15, -0.1) is 0 Å². The molecule has 0 spiro atoms. The number of aromatic nitrogens is 1. The number of rotatable bonds is 4. The van der Waals surface area contributed by atoms with Gasteiger partial charge in [0, 0.05) is 24.3 Å². The molecule has 2 aliphatic heterocycles. The van der Waals surface area contributed by atoms with Crippen molar-refractivity contribution in [3.63, 3.8) is 0 Å². The highest BCUT2D eigenvalue weighted by molar-refractivity contribution is 6.43. The topological polar surface area (TPSA) is 63.1 Å². The Balaban J connectivity index is 1.34. The highest BCUT2D eigenvalue weighted by Gasteiger charge is 2.34. The summed E-state index contributed by atoms with van der Waals surface area (Å²) in [5.41, 5.74) is 0.685. The molecule has 3 aromatic rings. The summed E-state index contributed by atoms with van der Waals surface area (Å²) in [6.07, 6.45) is 0.346. The number of nitrogens with zero attached hydrogens (tertiary/aromatic N) is 4. The summed E-state index contributed by atoms with van der Waals surface area (Å²) in [5, 5.41) is 3.86. The molecule has 3 heterocycles. The first-order chi connectivity index (χ1) is 17.2. The molecule has 184 valence electrons. The predicted molar refractivity (Wildman–Crippen MR) is 125 cm³/mol. The van der Waals surface area contributed by atoms with E-state index >= 15 is 0 Å². The van der Waals surface area contributed by atoms with E-state index in [0.29, 0.717) is 42.0 Å². The maximum atomic E-state index is 14.2. The third-order valence-electron chi connectivity index (χ3n) is 5.91. The molecule has 5 rings (SSSR count). The summed E-state index contributed by atoms with van der Waals surface area (Å²) in [4.78, 5) is 13.2. The van der Waals surface area contributed by atoms with Gasteiger partial charge in [-0.3, -0.25) is 4.99 Å². The lowest BCUT2D eigenvalue weighted by Crippen LogP contribution is -2.13. The number of aliphatic imine (C=N–C) groups is 3. The molecule has 0 N–H and O–H groups in total. The SMILES string of the molecule is Cc1ccc(-c2cc(CC3CC/C=C4/N=C(c5cccc(F)c5F)N=C4C=N3)on2)c(C(F)(F)F)c1. The zero-order valence-electron chi connectivity index (χ0n) is 19.0. The van der Waals surface area contributed by atoms with Crippen LogP contribution in [0.15, 0.2) is 73.7 Å². The quantitative estimate of drug-likeness (QED) is 0.385. The fourth-order valence-electron chi connectivity index (χ4n) is 4.11. The summed E-state index contributed by atoms with van der Waals surface area (Å²) >= 11 is 0. The monoisotopic (exact) mass is 498 g/mol. The summed E-state index contributed by atoms with van der Waals surface area (Å²) in [7, 11) is 0. The average molecular weight is 498 g/mol. The van der Waals surface area contributed by atoms with Gasteiger partial charge in [0.05, 0.1) is 22.9 Å². The van der Waals surface area contributed by atoms with Gasteiger partial charge in [0.25, 0.3) is 0 Å². The summed E-state index contributed by atoms with van der Waals surface area (Å²) in [5.74, 6) is -1.54. The Morgan fingerprint density at radius 2 is 1.86 bits per heavy atom. The zero-order chi connectivity index (χ0) is 25.4. The Morgan fingerprint density at radius 3 is 2.67 bits per heavy atom. The second kappa shape index (κ2) is 9.25. The molecule has 0 aliphatic carbocycles. The highest BCUT2D eigenvalue weighted by atomic mass is 19.4. The van der Waals surface area contributed by atoms with Crippen LogP contribution in [0.1, 0.15) is 35.3 Å². The van der Waals surface area contributed by atoms with Gasteiger partial charge < -0.3 is 4.52 Å². The van der Waals surface area contributed by atoms with Gasteiger partial charge in [0.1, 0.15) is 17.2 Å². The van der Waals surface area contributed by atoms with Gasteiger partial charge in [-0.1, -0.05) is 35.0 Å². The van der Waals surface area contributed by atoms with E-state index in [1.54, 1.807) is 13.0 Å². The van der Waals surface area contributed by atoms with Crippen LogP contribution in [0.2, 0.25) is 0 Å². The smallest absolute Gasteiger partial charge is 0.361 e. The van der Waals surface area contributed by atoms with Crippen LogP contribution in [-0.2, 0) is 12.6 Å². The summed E-state index contributed by atoms with van der Waals surface area (Å²) in [6, 6.07) is 9.12. The number of fused-ring (bicyclic) bond motifs is 1. The summed E-state index contributed by atoms with van der Waals surface area (Å²) < 4.78 is 73.7. The van der Waals surface area contributed by atoms with Crippen molar-refractivity contribution in [1.29, 1.82) is 0 Å². The van der Waals surface area contributed by atoms with Gasteiger partial charge >= 0.3 is 6.18 Å². The van der Waals surface area contributed by atoms with E-state index in [9.17, 15) is 22.0 Å². The lowest BCUT2D eigenvalue weighted by Gasteiger charge is -2.12. The average Bonchev–Trinajstić information content (AvgIpc) is 3.44. The van der Waals surface area contributed by atoms with Crippen molar-refractivity contribution in [1.82, 2.24) is 5.16 Å². The first-order valence-corrected chi connectivity index (χ1v) is 11.2. The summed E-state index contributed by atoms with van der Waals surface area (Å²) in [6.45, 7) is 1.59. The second-order valence-electron chi connectivity index (χ2n) is 8.56. The fraction of sp³-hybridized carbons (Fsp3) is 0.231. The van der Waals surface area contributed by atoms with Gasteiger partial charge in [-0.25, -0.2) is 18.8 Å². The fourth-order valence-corrected chi connectivity index (χ4v) is 4.11. The number of amidine groups is 1. The number of benzene rings is 2. The molecule has 1 atom stereocenters. The van der Waals surface area contributed by atoms with Crippen molar-refractivity contribution in [2.45, 2.75) is 38.4 Å². The molecule has 1 aromatic heterocycles. The molecule has 0 fully saturated rings. The van der Waals surface area contributed by atoms with Crippen LogP contribution in [0.25, 0.3) is 11.3 Å². The highest BCUT2D eigenvalue weighted by Crippen LogP contribution is 2.37. The molecule has 36 heavy (non-hydrogen) atoms. The van der Waals surface area contributed by atoms with E-state index in [4.69, 9.17) is 4.52 Å². The van der Waals surface area contributed by atoms with Gasteiger partial charge in [0.15, 0.2) is 17.5 Å². The van der Waals surface area contributed by atoms with Crippen molar-refractivity contribution in [3.05, 3.63) is 88.3 Å². The Hall–Kier alpha value is -3.95. The minimum atomic E-state index is -4.52. The first kappa shape index (κ1) is 23.8. The van der Waals surface area contributed by atoms with Gasteiger partial charge in [0.2, 0.25) is 0 Å². The predicted octanol–water partition coefficient (Wildman–Crippen LogP) is 6.51. The molecule has 5 nitrogen and oxygen atoms in total. The van der Waals surface area contributed by atoms with Crippen molar-refractivity contribution >= 4 is 17.8 Å². The van der Waals surface area contributed by atoms with Crippen LogP contribution < -0.4 is 0 Å². The number of halogens is 5. The van der Waals surface area contributed by atoms with Gasteiger partial charge in [-0.05, 0) is 38.0 Å². The number of hydrogen-bond donors (Lipinski definition) is 0. The Bertz CT molecular complexity index is 1450. The molecular formula is C26H19F5N4O. The number of hydrogen-bond acceptors (Lipinski definition) is 5. The third-order valence-corrected chi connectivity index (χ3v) is 5.91. The Kier molecular flexibility index (Phi) is 6.11. The lowest BCUT2D eigenvalue weighted by molar-refractivity contribution is -0.137. The standard InChI is InChI=1S/C26H19F5N4O/c1-14-8-9-17(19(10-14)26(29,30)31)22-12-16(36-35-22)11-15-4-2-7-21-23(13-32-15)34-25(33-21)18-5-3-6-20(27)24(18)28/h3,5-10,12-13,15H,2,4,11H2,1H3/b21-7+,32-13?. The maximum absolute atomic E-state index is 14.2. The van der Waals surface area contributed by atoms with E-state index in [1.807, 2.05) is 6.08 Å². The second-order valence-corrected chi connectivity index (χ2v) is 8.56. The zero-order valence-corrected chi connectivity index (χ0v) is 19.0. The van der Waals surface area contributed by atoms with Crippen molar-refractivity contribution in [2.24, 2.45) is 15.0 Å². The first-order valence-electron chi connectivity index (χ1n) is 11.2. The van der Waals surface area contributed by atoms with E-state index in [-0.39, 0.29) is 28.7 Å². The third kappa shape index (κ3) is 4.75. The number of aryl methyl sites for hydroxylation is 1. The minimum Gasteiger partial charge on any atom is -0.361 e. The Morgan fingerprint density at radius 1 is 1.03 bits per heavy atom.